The van der Waals surface area contributed by atoms with Crippen molar-refractivity contribution in [2.75, 3.05) is 0 Å². The molecule has 0 heterocycles. The summed E-state index contributed by atoms with van der Waals surface area (Å²) in [5, 5.41) is 0. The van der Waals surface area contributed by atoms with Crippen LogP contribution in [0.4, 0.5) is 0 Å². The van der Waals surface area contributed by atoms with Crippen molar-refractivity contribution in [1.29, 1.82) is 0 Å². The minimum atomic E-state index is 0.816. The largest absolute Gasteiger partial charge is 0.298 e. The van der Waals surface area contributed by atoms with Crippen LogP contribution in [0.25, 0.3) is 0 Å². The van der Waals surface area contributed by atoms with E-state index < -0.39 is 0 Å². The fourth-order valence-electron chi connectivity index (χ4n) is 2.36. The van der Waals surface area contributed by atoms with Crippen LogP contribution in [0.15, 0.2) is 24.3 Å². The van der Waals surface area contributed by atoms with Gasteiger partial charge in [0.25, 0.3) is 0 Å². The first-order chi connectivity index (χ1) is 6.90. The molecule has 14 heavy (non-hydrogen) atoms. The second kappa shape index (κ2) is 4.41. The number of rotatable bonds is 3. The second-order valence-electron chi connectivity index (χ2n) is 4.17. The van der Waals surface area contributed by atoms with Crippen LogP contribution in [-0.2, 0) is 6.42 Å². The Balaban J connectivity index is 2.10. The van der Waals surface area contributed by atoms with E-state index in [1.807, 2.05) is 18.2 Å². The van der Waals surface area contributed by atoms with Crippen LogP contribution in [0.1, 0.15) is 41.6 Å². The molecule has 1 heteroatoms. The van der Waals surface area contributed by atoms with Crippen molar-refractivity contribution >= 4 is 6.29 Å². The normalized spacial score (nSPS) is 17.1. The van der Waals surface area contributed by atoms with Gasteiger partial charge in [-0.15, -0.1) is 0 Å². The first-order valence-electron chi connectivity index (χ1n) is 5.43. The molecule has 74 valence electrons. The maximum Gasteiger partial charge on any atom is 0.150 e. The molecule has 1 aliphatic carbocycles. The third-order valence-electron chi connectivity index (χ3n) is 3.17. The lowest BCUT2D eigenvalue weighted by molar-refractivity contribution is 0.112. The summed E-state index contributed by atoms with van der Waals surface area (Å²) in [6.07, 6.45) is 7.49. The molecule has 0 atom stereocenters. The van der Waals surface area contributed by atoms with E-state index in [4.69, 9.17) is 0 Å². The average molecular weight is 188 g/mol. The van der Waals surface area contributed by atoms with Crippen molar-refractivity contribution < 1.29 is 4.79 Å². The van der Waals surface area contributed by atoms with Gasteiger partial charge in [0, 0.05) is 5.56 Å². The number of benzene rings is 1. The fraction of sp³-hybridized carbons (Fsp3) is 0.462. The van der Waals surface area contributed by atoms with E-state index in [1.165, 1.54) is 31.2 Å². The van der Waals surface area contributed by atoms with E-state index in [9.17, 15) is 4.79 Å². The SMILES string of the molecule is O=Cc1ccccc1CC1CCCC1. The molecule has 0 spiro atoms. The van der Waals surface area contributed by atoms with Gasteiger partial charge in [0.15, 0.2) is 0 Å². The molecule has 1 aromatic rings. The molecule has 1 nitrogen and oxygen atoms in total. The molecular formula is C13H16O. The van der Waals surface area contributed by atoms with Crippen LogP contribution in [0.2, 0.25) is 0 Å². The molecule has 0 radical (unpaired) electrons. The van der Waals surface area contributed by atoms with Gasteiger partial charge < -0.3 is 0 Å². The van der Waals surface area contributed by atoms with Gasteiger partial charge in [-0.3, -0.25) is 4.79 Å². The van der Waals surface area contributed by atoms with E-state index in [0.717, 1.165) is 24.2 Å². The highest BCUT2D eigenvalue weighted by Gasteiger charge is 2.16. The van der Waals surface area contributed by atoms with Crippen LogP contribution in [0, 0.1) is 5.92 Å². The highest BCUT2D eigenvalue weighted by Crippen LogP contribution is 2.28. The Morgan fingerprint density at radius 1 is 1.21 bits per heavy atom. The monoisotopic (exact) mass is 188 g/mol. The van der Waals surface area contributed by atoms with Crippen molar-refractivity contribution in [3.05, 3.63) is 35.4 Å². The summed E-state index contributed by atoms with van der Waals surface area (Å²) >= 11 is 0. The lowest BCUT2D eigenvalue weighted by Crippen LogP contribution is -2.01. The second-order valence-corrected chi connectivity index (χ2v) is 4.17. The van der Waals surface area contributed by atoms with Gasteiger partial charge in [0.2, 0.25) is 0 Å². The smallest absolute Gasteiger partial charge is 0.150 e. The highest BCUT2D eigenvalue weighted by atomic mass is 16.1. The summed E-state index contributed by atoms with van der Waals surface area (Å²) in [4.78, 5) is 10.8. The number of aldehydes is 1. The molecule has 0 aromatic heterocycles. The summed E-state index contributed by atoms with van der Waals surface area (Å²) in [5.74, 6) is 0.816. The van der Waals surface area contributed by atoms with Crippen LogP contribution in [-0.4, -0.2) is 6.29 Å². The topological polar surface area (TPSA) is 17.1 Å². The molecule has 0 unspecified atom stereocenters. The first kappa shape index (κ1) is 9.45. The first-order valence-corrected chi connectivity index (χ1v) is 5.43. The molecule has 1 aliphatic rings. The third-order valence-corrected chi connectivity index (χ3v) is 3.17. The van der Waals surface area contributed by atoms with E-state index in [0.29, 0.717) is 0 Å². The number of carbonyl (C=O) groups is 1. The molecule has 1 saturated carbocycles. The van der Waals surface area contributed by atoms with Crippen molar-refractivity contribution in [1.82, 2.24) is 0 Å². The summed E-state index contributed by atoms with van der Waals surface area (Å²) in [5.41, 5.74) is 2.11. The van der Waals surface area contributed by atoms with Crippen LogP contribution in [0.5, 0.6) is 0 Å². The summed E-state index contributed by atoms with van der Waals surface area (Å²) < 4.78 is 0. The van der Waals surface area contributed by atoms with Crippen LogP contribution < -0.4 is 0 Å². The maximum atomic E-state index is 10.8. The zero-order valence-electron chi connectivity index (χ0n) is 8.41. The Kier molecular flexibility index (Phi) is 2.97. The quantitative estimate of drug-likeness (QED) is 0.665. The number of hydrogen-bond donors (Lipinski definition) is 0. The Bertz CT molecular complexity index is 311. The van der Waals surface area contributed by atoms with Gasteiger partial charge in [-0.1, -0.05) is 49.9 Å². The summed E-state index contributed by atoms with van der Waals surface area (Å²) in [6, 6.07) is 7.96. The average Bonchev–Trinajstić information content (AvgIpc) is 2.71. The zero-order chi connectivity index (χ0) is 9.80. The number of hydrogen-bond acceptors (Lipinski definition) is 1. The predicted octanol–water partition coefficient (Wildman–Crippen LogP) is 3.23. The highest BCUT2D eigenvalue weighted by molar-refractivity contribution is 5.77. The van der Waals surface area contributed by atoms with Gasteiger partial charge in [0.05, 0.1) is 0 Å². The van der Waals surface area contributed by atoms with Gasteiger partial charge in [-0.2, -0.15) is 0 Å². The Morgan fingerprint density at radius 2 is 1.93 bits per heavy atom. The molecule has 0 N–H and O–H groups in total. The standard InChI is InChI=1S/C13H16O/c14-10-13-8-4-3-7-12(13)9-11-5-1-2-6-11/h3-4,7-8,10-11H,1-2,5-6,9H2. The molecule has 2 rings (SSSR count). The van der Waals surface area contributed by atoms with Crippen molar-refractivity contribution in [3.8, 4) is 0 Å². The van der Waals surface area contributed by atoms with Crippen LogP contribution in [0.3, 0.4) is 0 Å². The molecule has 0 aliphatic heterocycles. The van der Waals surface area contributed by atoms with Crippen molar-refractivity contribution in [2.45, 2.75) is 32.1 Å². The summed E-state index contributed by atoms with van der Waals surface area (Å²) in [7, 11) is 0. The molecule has 1 fully saturated rings. The molecule has 0 amide bonds. The minimum absolute atomic E-state index is 0.816. The lowest BCUT2D eigenvalue weighted by atomic mass is 9.95. The Morgan fingerprint density at radius 3 is 2.64 bits per heavy atom. The number of carbonyl (C=O) groups excluding carboxylic acids is 1. The lowest BCUT2D eigenvalue weighted by Gasteiger charge is -2.10. The maximum absolute atomic E-state index is 10.8. The van der Waals surface area contributed by atoms with Crippen molar-refractivity contribution in [3.63, 3.8) is 0 Å². The Hall–Kier alpha value is -1.11. The van der Waals surface area contributed by atoms with Gasteiger partial charge in [0.1, 0.15) is 6.29 Å². The molecule has 0 bridgehead atoms. The fourth-order valence-corrected chi connectivity index (χ4v) is 2.36. The molecule has 0 saturated heterocycles. The van der Waals surface area contributed by atoms with Crippen LogP contribution >= 0.6 is 0 Å². The van der Waals surface area contributed by atoms with E-state index in [2.05, 4.69) is 6.07 Å². The van der Waals surface area contributed by atoms with E-state index >= 15 is 0 Å². The Labute approximate surface area is 85.1 Å². The molecular weight excluding hydrogens is 172 g/mol. The van der Waals surface area contributed by atoms with Gasteiger partial charge in [-0.25, -0.2) is 0 Å². The van der Waals surface area contributed by atoms with Crippen molar-refractivity contribution in [2.24, 2.45) is 5.92 Å². The third kappa shape index (κ3) is 2.03. The van der Waals surface area contributed by atoms with E-state index in [1.54, 1.807) is 0 Å². The van der Waals surface area contributed by atoms with Gasteiger partial charge >= 0.3 is 0 Å². The predicted molar refractivity (Wildman–Crippen MR) is 57.5 cm³/mol. The van der Waals surface area contributed by atoms with Gasteiger partial charge in [-0.05, 0) is 17.9 Å². The van der Waals surface area contributed by atoms with E-state index in [-0.39, 0.29) is 0 Å². The minimum Gasteiger partial charge on any atom is -0.298 e. The zero-order valence-corrected chi connectivity index (χ0v) is 8.41. The summed E-state index contributed by atoms with van der Waals surface area (Å²) in [6.45, 7) is 0. The molecule has 1 aromatic carbocycles.